The van der Waals surface area contributed by atoms with Gasteiger partial charge in [0.15, 0.2) is 0 Å². The van der Waals surface area contributed by atoms with Gasteiger partial charge in [0.25, 0.3) is 11.1 Å². The lowest BCUT2D eigenvalue weighted by Gasteiger charge is -2.12. The standard InChI is InChI=1S/C22H16N2O5S/c1-13-6-8-16(9-7-13)23-19(25)12-24-20(26)18(30-22(24)28)11-15-10-14-4-2-3-5-17(14)29-21(15)27/h2-11H,12H2,1H3,(H,23,25)/b18-11+. The van der Waals surface area contributed by atoms with Crippen LogP contribution in [0.25, 0.3) is 17.0 Å². The first kappa shape index (κ1) is 19.7. The molecule has 1 aromatic heterocycles. The predicted octanol–water partition coefficient (Wildman–Crippen LogP) is 3.78. The fourth-order valence-corrected chi connectivity index (χ4v) is 3.77. The second-order valence-electron chi connectivity index (χ2n) is 6.71. The van der Waals surface area contributed by atoms with Crippen molar-refractivity contribution >= 4 is 51.5 Å². The van der Waals surface area contributed by atoms with Gasteiger partial charge in [0.2, 0.25) is 5.91 Å². The number of rotatable bonds is 4. The average Bonchev–Trinajstić information content (AvgIpc) is 2.97. The van der Waals surface area contributed by atoms with Gasteiger partial charge in [0.1, 0.15) is 12.1 Å². The summed E-state index contributed by atoms with van der Waals surface area (Å²) < 4.78 is 5.25. The zero-order valence-electron chi connectivity index (χ0n) is 15.9. The minimum absolute atomic E-state index is 0.0608. The van der Waals surface area contributed by atoms with E-state index in [1.165, 1.54) is 6.08 Å². The Kier molecular flexibility index (Phi) is 5.24. The molecule has 150 valence electrons. The van der Waals surface area contributed by atoms with Crippen molar-refractivity contribution in [2.45, 2.75) is 6.92 Å². The molecule has 8 heteroatoms. The van der Waals surface area contributed by atoms with Crippen molar-refractivity contribution in [3.05, 3.63) is 81.0 Å². The van der Waals surface area contributed by atoms with Crippen molar-refractivity contribution in [2.24, 2.45) is 0 Å². The van der Waals surface area contributed by atoms with Crippen LogP contribution in [0.2, 0.25) is 0 Å². The van der Waals surface area contributed by atoms with Crippen LogP contribution >= 0.6 is 11.8 Å². The van der Waals surface area contributed by atoms with Crippen LogP contribution in [0.3, 0.4) is 0 Å². The van der Waals surface area contributed by atoms with E-state index >= 15 is 0 Å². The van der Waals surface area contributed by atoms with E-state index in [2.05, 4.69) is 5.32 Å². The van der Waals surface area contributed by atoms with E-state index in [0.717, 1.165) is 10.5 Å². The van der Waals surface area contributed by atoms with Crippen LogP contribution in [0.4, 0.5) is 10.5 Å². The number of imide groups is 1. The minimum Gasteiger partial charge on any atom is -0.422 e. The van der Waals surface area contributed by atoms with Crippen LogP contribution in [-0.2, 0) is 9.59 Å². The molecule has 1 saturated heterocycles. The Bertz CT molecular complexity index is 1260. The molecule has 1 aliphatic heterocycles. The lowest BCUT2D eigenvalue weighted by Crippen LogP contribution is -2.36. The number of carbonyl (C=O) groups excluding carboxylic acids is 3. The van der Waals surface area contributed by atoms with Crippen molar-refractivity contribution in [3.8, 4) is 0 Å². The monoisotopic (exact) mass is 420 g/mol. The molecule has 30 heavy (non-hydrogen) atoms. The van der Waals surface area contributed by atoms with Crippen LogP contribution in [0.1, 0.15) is 11.1 Å². The van der Waals surface area contributed by atoms with Crippen LogP contribution in [0, 0.1) is 6.92 Å². The quantitative estimate of drug-likeness (QED) is 0.510. The molecule has 0 aliphatic carbocycles. The number of benzene rings is 2. The van der Waals surface area contributed by atoms with Gasteiger partial charge in [0.05, 0.1) is 10.5 Å². The Balaban J connectivity index is 1.52. The van der Waals surface area contributed by atoms with Gasteiger partial charge in [-0.2, -0.15) is 0 Å². The number of nitrogens with one attached hydrogen (secondary N) is 1. The third kappa shape index (κ3) is 4.04. The third-order valence-electron chi connectivity index (χ3n) is 4.47. The van der Waals surface area contributed by atoms with Gasteiger partial charge >= 0.3 is 5.63 Å². The summed E-state index contributed by atoms with van der Waals surface area (Å²) in [5.74, 6) is -1.12. The normalized spacial score (nSPS) is 15.2. The highest BCUT2D eigenvalue weighted by atomic mass is 32.2. The summed E-state index contributed by atoms with van der Waals surface area (Å²) in [7, 11) is 0. The van der Waals surface area contributed by atoms with Crippen LogP contribution < -0.4 is 10.9 Å². The van der Waals surface area contributed by atoms with Gasteiger partial charge in [-0.25, -0.2) is 4.79 Å². The lowest BCUT2D eigenvalue weighted by molar-refractivity contribution is -0.127. The second-order valence-corrected chi connectivity index (χ2v) is 7.70. The summed E-state index contributed by atoms with van der Waals surface area (Å²) in [5.41, 5.74) is 1.59. The average molecular weight is 420 g/mol. The van der Waals surface area contributed by atoms with Crippen LogP contribution in [0.5, 0.6) is 0 Å². The number of hydrogen-bond acceptors (Lipinski definition) is 6. The Labute approximate surface area is 175 Å². The summed E-state index contributed by atoms with van der Waals surface area (Å²) in [5, 5.41) is 2.77. The molecule has 2 aromatic carbocycles. The van der Waals surface area contributed by atoms with Gasteiger partial charge in [-0.05, 0) is 49.0 Å². The molecule has 0 spiro atoms. The lowest BCUT2D eigenvalue weighted by atomic mass is 10.2. The number of para-hydroxylation sites is 1. The number of fused-ring (bicyclic) bond motifs is 1. The van der Waals surface area contributed by atoms with Crippen LogP contribution in [-0.4, -0.2) is 28.5 Å². The summed E-state index contributed by atoms with van der Waals surface area (Å²) >= 11 is 0.679. The predicted molar refractivity (Wildman–Crippen MR) is 115 cm³/mol. The molecule has 3 aromatic rings. The third-order valence-corrected chi connectivity index (χ3v) is 5.37. The van der Waals surface area contributed by atoms with E-state index < -0.39 is 29.2 Å². The Hall–Kier alpha value is -3.65. The highest BCUT2D eigenvalue weighted by Gasteiger charge is 2.36. The number of aryl methyl sites for hydroxylation is 1. The molecule has 0 saturated carbocycles. The zero-order chi connectivity index (χ0) is 21.3. The number of carbonyl (C=O) groups is 3. The van der Waals surface area contributed by atoms with Crippen molar-refractivity contribution in [1.29, 1.82) is 0 Å². The fraction of sp³-hybridized carbons (Fsp3) is 0.0909. The smallest absolute Gasteiger partial charge is 0.343 e. The van der Waals surface area contributed by atoms with Crippen molar-refractivity contribution in [3.63, 3.8) is 0 Å². The van der Waals surface area contributed by atoms with Crippen LogP contribution in [0.15, 0.2) is 68.7 Å². The summed E-state index contributed by atoms with van der Waals surface area (Å²) in [6, 6.07) is 15.7. The maximum absolute atomic E-state index is 12.6. The zero-order valence-corrected chi connectivity index (χ0v) is 16.7. The maximum Gasteiger partial charge on any atom is 0.343 e. The van der Waals surface area contributed by atoms with Crippen molar-refractivity contribution in [1.82, 2.24) is 4.90 Å². The molecule has 7 nitrogen and oxygen atoms in total. The topological polar surface area (TPSA) is 96.7 Å². The van der Waals surface area contributed by atoms with E-state index in [4.69, 9.17) is 4.42 Å². The molecule has 1 fully saturated rings. The Morgan fingerprint density at radius 1 is 1.10 bits per heavy atom. The van der Waals surface area contributed by atoms with E-state index in [9.17, 15) is 19.2 Å². The molecule has 0 atom stereocenters. The molecule has 2 heterocycles. The van der Waals surface area contributed by atoms with Crippen molar-refractivity contribution in [2.75, 3.05) is 11.9 Å². The van der Waals surface area contributed by atoms with E-state index in [1.807, 2.05) is 19.1 Å². The number of anilines is 1. The first-order chi connectivity index (χ1) is 14.4. The number of thioether (sulfide) groups is 1. The van der Waals surface area contributed by atoms with Gasteiger partial charge in [-0.3, -0.25) is 19.3 Å². The molecular weight excluding hydrogens is 404 g/mol. The molecule has 0 radical (unpaired) electrons. The van der Waals surface area contributed by atoms with Gasteiger partial charge in [0, 0.05) is 11.1 Å². The van der Waals surface area contributed by atoms with Gasteiger partial charge in [-0.15, -0.1) is 0 Å². The SMILES string of the molecule is Cc1ccc(NC(=O)CN2C(=O)S/C(=C/c3cc4ccccc4oc3=O)C2=O)cc1. The second kappa shape index (κ2) is 8.00. The molecule has 1 aliphatic rings. The van der Waals surface area contributed by atoms with Gasteiger partial charge in [-0.1, -0.05) is 35.9 Å². The molecule has 3 amide bonds. The highest BCUT2D eigenvalue weighted by molar-refractivity contribution is 8.18. The van der Waals surface area contributed by atoms with Gasteiger partial charge < -0.3 is 9.73 Å². The molecule has 4 rings (SSSR count). The Morgan fingerprint density at radius 2 is 1.83 bits per heavy atom. The number of nitrogens with zero attached hydrogens (tertiary/aromatic N) is 1. The first-order valence-electron chi connectivity index (χ1n) is 9.05. The largest absolute Gasteiger partial charge is 0.422 e. The fourth-order valence-electron chi connectivity index (χ4n) is 2.94. The number of amides is 3. The highest BCUT2D eigenvalue weighted by Crippen LogP contribution is 2.32. The molecule has 1 N–H and O–H groups in total. The maximum atomic E-state index is 12.6. The first-order valence-corrected chi connectivity index (χ1v) is 9.87. The minimum atomic E-state index is -0.628. The summed E-state index contributed by atoms with van der Waals surface area (Å²) in [4.78, 5) is 50.3. The molecule has 0 bridgehead atoms. The Morgan fingerprint density at radius 3 is 2.60 bits per heavy atom. The number of hydrogen-bond donors (Lipinski definition) is 1. The summed E-state index contributed by atoms with van der Waals surface area (Å²) in [6.45, 7) is 1.51. The molecular formula is C22H16N2O5S. The molecule has 0 unspecified atom stereocenters. The van der Waals surface area contributed by atoms with Crippen molar-refractivity contribution < 1.29 is 18.8 Å². The van der Waals surface area contributed by atoms with E-state index in [-0.39, 0.29) is 10.5 Å². The van der Waals surface area contributed by atoms with E-state index in [1.54, 1.807) is 42.5 Å². The summed E-state index contributed by atoms with van der Waals surface area (Å²) in [6.07, 6.45) is 1.32. The van der Waals surface area contributed by atoms with E-state index in [0.29, 0.717) is 28.4 Å².